The molecule has 0 amide bonds. The lowest BCUT2D eigenvalue weighted by Gasteiger charge is -2.36. The van der Waals surface area contributed by atoms with Gasteiger partial charge in [0.25, 0.3) is 0 Å². The molecular weight excluding hydrogens is 308 g/mol. The van der Waals surface area contributed by atoms with Crippen LogP contribution in [-0.4, -0.2) is 44.4 Å². The highest BCUT2D eigenvalue weighted by Crippen LogP contribution is 2.34. The minimum Gasteiger partial charge on any atom is -0.493 e. The first-order valence-corrected chi connectivity index (χ1v) is 8.21. The van der Waals surface area contributed by atoms with Crippen LogP contribution < -0.4 is 15.2 Å². The zero-order valence-electron chi connectivity index (χ0n) is 15.2. The highest BCUT2D eigenvalue weighted by atomic mass is 16.7. The smallest absolute Gasteiger partial charge is 0.330 e. The molecular formula is C18H28N2O4. The maximum absolute atomic E-state index is 12.0. The number of carbonyl (C=O) groups is 1. The van der Waals surface area contributed by atoms with E-state index in [1.54, 1.807) is 19.3 Å². The third-order valence-corrected chi connectivity index (χ3v) is 4.28. The second-order valence-electron chi connectivity index (χ2n) is 7.19. The highest BCUT2D eigenvalue weighted by molar-refractivity contribution is 5.75. The van der Waals surface area contributed by atoms with E-state index >= 15 is 0 Å². The Hall–Kier alpha value is -1.79. The van der Waals surface area contributed by atoms with Crippen molar-refractivity contribution < 1.29 is 19.1 Å². The minimum atomic E-state index is -0.524. The van der Waals surface area contributed by atoms with Crippen molar-refractivity contribution in [2.24, 2.45) is 11.1 Å². The van der Waals surface area contributed by atoms with E-state index in [1.807, 2.05) is 39.0 Å². The van der Waals surface area contributed by atoms with Crippen LogP contribution >= 0.6 is 0 Å². The quantitative estimate of drug-likeness (QED) is 0.909. The summed E-state index contributed by atoms with van der Waals surface area (Å²) in [5, 5.41) is 1.68. The number of benzene rings is 1. The molecule has 1 aliphatic rings. The molecule has 2 N–H and O–H groups in total. The number of rotatable bonds is 4. The van der Waals surface area contributed by atoms with E-state index in [0.29, 0.717) is 24.6 Å². The third-order valence-electron chi connectivity index (χ3n) is 4.28. The molecule has 1 fully saturated rings. The highest BCUT2D eigenvalue weighted by Gasteiger charge is 2.32. The van der Waals surface area contributed by atoms with Crippen molar-refractivity contribution in [3.05, 3.63) is 23.8 Å². The van der Waals surface area contributed by atoms with Crippen molar-refractivity contribution in [3.63, 3.8) is 0 Å². The third kappa shape index (κ3) is 4.19. The van der Waals surface area contributed by atoms with Crippen LogP contribution in [0.3, 0.4) is 0 Å². The number of nitrogens with two attached hydrogens (primary N) is 1. The lowest BCUT2D eigenvalue weighted by molar-refractivity contribution is -0.205. The van der Waals surface area contributed by atoms with Crippen LogP contribution in [-0.2, 0) is 9.63 Å². The predicted molar refractivity (Wildman–Crippen MR) is 92.0 cm³/mol. The fourth-order valence-corrected chi connectivity index (χ4v) is 2.79. The van der Waals surface area contributed by atoms with Crippen LogP contribution in [0.5, 0.6) is 11.5 Å². The number of hydrogen-bond acceptors (Lipinski definition) is 6. The van der Waals surface area contributed by atoms with E-state index < -0.39 is 5.41 Å². The standard InChI is InChI=1S/C18H28N2O4/c1-18(2,3)17(21)24-20-9-8-13(14(19)11-20)12-6-7-15(22-4)16(10-12)23-5/h6-7,10,13-14H,8-9,11,19H2,1-5H3. The molecule has 2 atom stereocenters. The van der Waals surface area contributed by atoms with Crippen molar-refractivity contribution in [1.29, 1.82) is 0 Å². The summed E-state index contributed by atoms with van der Waals surface area (Å²) < 4.78 is 10.6. The Labute approximate surface area is 143 Å². The Morgan fingerprint density at radius 1 is 1.21 bits per heavy atom. The van der Waals surface area contributed by atoms with E-state index in [1.165, 1.54) is 0 Å². The molecule has 0 radical (unpaired) electrons. The van der Waals surface area contributed by atoms with Crippen molar-refractivity contribution in [2.75, 3.05) is 27.3 Å². The van der Waals surface area contributed by atoms with Gasteiger partial charge in [-0.2, -0.15) is 0 Å². The molecule has 1 aromatic rings. The van der Waals surface area contributed by atoms with Crippen LogP contribution in [0.4, 0.5) is 0 Å². The van der Waals surface area contributed by atoms with E-state index in [0.717, 1.165) is 12.0 Å². The van der Waals surface area contributed by atoms with Gasteiger partial charge in [-0.15, -0.1) is 5.06 Å². The molecule has 134 valence electrons. The molecule has 2 unspecified atom stereocenters. The van der Waals surface area contributed by atoms with Gasteiger partial charge in [0.15, 0.2) is 11.5 Å². The van der Waals surface area contributed by atoms with E-state index in [-0.39, 0.29) is 17.9 Å². The monoisotopic (exact) mass is 336 g/mol. The van der Waals surface area contributed by atoms with Crippen LogP contribution in [0, 0.1) is 5.41 Å². The molecule has 6 nitrogen and oxygen atoms in total. The molecule has 24 heavy (non-hydrogen) atoms. The van der Waals surface area contributed by atoms with Crippen molar-refractivity contribution in [1.82, 2.24) is 5.06 Å². The van der Waals surface area contributed by atoms with Crippen molar-refractivity contribution in [3.8, 4) is 11.5 Å². The Morgan fingerprint density at radius 2 is 1.88 bits per heavy atom. The second-order valence-corrected chi connectivity index (χ2v) is 7.19. The van der Waals surface area contributed by atoms with Gasteiger partial charge < -0.3 is 20.0 Å². The summed E-state index contributed by atoms with van der Waals surface area (Å²) in [5.74, 6) is 1.35. The number of ether oxygens (including phenoxy) is 2. The summed E-state index contributed by atoms with van der Waals surface area (Å²) in [5.41, 5.74) is 6.93. The molecule has 0 saturated carbocycles. The van der Waals surface area contributed by atoms with Crippen LogP contribution in [0.2, 0.25) is 0 Å². The lowest BCUT2D eigenvalue weighted by atomic mass is 9.86. The second kappa shape index (κ2) is 7.40. The van der Waals surface area contributed by atoms with Crippen molar-refractivity contribution in [2.45, 2.75) is 39.2 Å². The van der Waals surface area contributed by atoms with Gasteiger partial charge in [-0.25, -0.2) is 4.79 Å². The Bertz CT molecular complexity index is 583. The molecule has 1 aliphatic heterocycles. The van der Waals surface area contributed by atoms with E-state index in [4.69, 9.17) is 20.0 Å². The SMILES string of the molecule is COc1ccc(C2CCN(OC(=O)C(C)(C)C)CC2N)cc1OC. The number of carbonyl (C=O) groups excluding carboxylic acids is 1. The molecule has 0 aromatic heterocycles. The van der Waals surface area contributed by atoms with Gasteiger partial charge >= 0.3 is 5.97 Å². The van der Waals surface area contributed by atoms with Gasteiger partial charge in [0.1, 0.15) is 0 Å². The summed E-state index contributed by atoms with van der Waals surface area (Å²) in [6, 6.07) is 5.76. The predicted octanol–water partition coefficient (Wildman–Crippen LogP) is 2.32. The van der Waals surface area contributed by atoms with Gasteiger partial charge in [-0.1, -0.05) is 6.07 Å². The minimum absolute atomic E-state index is 0.121. The van der Waals surface area contributed by atoms with E-state index in [9.17, 15) is 4.79 Å². The van der Waals surface area contributed by atoms with Crippen LogP contribution in [0.15, 0.2) is 18.2 Å². The van der Waals surface area contributed by atoms with E-state index in [2.05, 4.69) is 0 Å². The van der Waals surface area contributed by atoms with Gasteiger partial charge in [-0.05, 0) is 44.9 Å². The van der Waals surface area contributed by atoms with Crippen molar-refractivity contribution >= 4 is 5.97 Å². The average molecular weight is 336 g/mol. The normalized spacial score (nSPS) is 22.1. The fraction of sp³-hybridized carbons (Fsp3) is 0.611. The molecule has 0 bridgehead atoms. The molecule has 2 rings (SSSR count). The Kier molecular flexibility index (Phi) is 5.72. The maximum Gasteiger partial charge on any atom is 0.330 e. The number of hydrogen-bond donors (Lipinski definition) is 1. The summed E-state index contributed by atoms with van der Waals surface area (Å²) in [7, 11) is 3.24. The maximum atomic E-state index is 12.0. The number of nitrogens with zero attached hydrogens (tertiary/aromatic N) is 1. The van der Waals surface area contributed by atoms with Gasteiger partial charge in [0.2, 0.25) is 0 Å². The summed E-state index contributed by atoms with van der Waals surface area (Å²) >= 11 is 0. The van der Waals surface area contributed by atoms with Gasteiger partial charge in [0, 0.05) is 18.5 Å². The average Bonchev–Trinajstić information content (AvgIpc) is 2.53. The summed E-state index contributed by atoms with van der Waals surface area (Å²) in [4.78, 5) is 17.5. The first kappa shape index (κ1) is 18.5. The number of methoxy groups -OCH3 is 2. The summed E-state index contributed by atoms with van der Waals surface area (Å²) in [6.45, 7) is 6.69. The zero-order valence-corrected chi connectivity index (χ0v) is 15.2. The lowest BCUT2D eigenvalue weighted by Crippen LogP contribution is -2.48. The Balaban J connectivity index is 2.05. The zero-order chi connectivity index (χ0) is 17.9. The topological polar surface area (TPSA) is 74.0 Å². The van der Waals surface area contributed by atoms with Gasteiger partial charge in [-0.3, -0.25) is 0 Å². The Morgan fingerprint density at radius 3 is 2.42 bits per heavy atom. The largest absolute Gasteiger partial charge is 0.493 e. The van der Waals surface area contributed by atoms with Crippen LogP contribution in [0.25, 0.3) is 0 Å². The first-order chi connectivity index (χ1) is 11.3. The molecule has 0 aliphatic carbocycles. The molecule has 1 saturated heterocycles. The van der Waals surface area contributed by atoms with Gasteiger partial charge in [0.05, 0.1) is 26.2 Å². The molecule has 6 heteroatoms. The fourth-order valence-electron chi connectivity index (χ4n) is 2.79. The molecule has 1 heterocycles. The first-order valence-electron chi connectivity index (χ1n) is 8.21. The number of piperidine rings is 1. The number of hydroxylamine groups is 2. The summed E-state index contributed by atoms with van der Waals surface area (Å²) in [6.07, 6.45) is 0.814. The molecule has 0 spiro atoms. The molecule has 1 aromatic carbocycles. The van der Waals surface area contributed by atoms with Crippen LogP contribution in [0.1, 0.15) is 38.7 Å².